The molecule has 0 aliphatic heterocycles. The van der Waals surface area contributed by atoms with E-state index >= 15 is 0 Å². The van der Waals surface area contributed by atoms with Gasteiger partial charge in [0, 0.05) is 25.7 Å². The first-order valence-electron chi connectivity index (χ1n) is 8.27. The molecule has 2 heteroatoms. The Balaban J connectivity index is 1.94. The lowest BCUT2D eigenvalue weighted by atomic mass is 9.92. The Morgan fingerprint density at radius 2 is 1.00 bits per heavy atom. The van der Waals surface area contributed by atoms with Crippen LogP contribution in [0.1, 0.15) is 49.7 Å². The average molecular weight is 294 g/mol. The van der Waals surface area contributed by atoms with Crippen molar-refractivity contribution in [1.82, 2.24) is 0 Å². The van der Waals surface area contributed by atoms with Crippen molar-refractivity contribution in [3.63, 3.8) is 0 Å². The van der Waals surface area contributed by atoms with Gasteiger partial charge in [-0.2, -0.15) is 0 Å². The van der Waals surface area contributed by atoms with E-state index in [9.17, 15) is 9.59 Å². The van der Waals surface area contributed by atoms with E-state index in [4.69, 9.17) is 0 Å². The van der Waals surface area contributed by atoms with Crippen LogP contribution in [0, 0.1) is 0 Å². The number of hydrogen-bond donors (Lipinski definition) is 0. The number of aryl methyl sites for hydroxylation is 2. The molecule has 0 unspecified atom stereocenters. The van der Waals surface area contributed by atoms with E-state index in [0.29, 0.717) is 25.7 Å². The summed E-state index contributed by atoms with van der Waals surface area (Å²) in [4.78, 5) is 23.7. The monoisotopic (exact) mass is 294 g/mol. The zero-order chi connectivity index (χ0) is 15.4. The molecule has 22 heavy (non-hydrogen) atoms. The van der Waals surface area contributed by atoms with Crippen molar-refractivity contribution in [2.75, 3.05) is 0 Å². The van der Waals surface area contributed by atoms with Gasteiger partial charge < -0.3 is 0 Å². The van der Waals surface area contributed by atoms with E-state index in [2.05, 4.69) is 36.4 Å². The molecule has 0 atom stereocenters. The van der Waals surface area contributed by atoms with Gasteiger partial charge in [0.05, 0.1) is 0 Å². The van der Waals surface area contributed by atoms with Crippen molar-refractivity contribution >= 4 is 22.3 Å². The number of carbonyl (C=O) groups is 2. The van der Waals surface area contributed by atoms with Crippen LogP contribution in [0.25, 0.3) is 10.8 Å². The zero-order valence-electron chi connectivity index (χ0n) is 12.9. The van der Waals surface area contributed by atoms with Gasteiger partial charge in [-0.15, -0.1) is 0 Å². The highest BCUT2D eigenvalue weighted by molar-refractivity contribution is 5.89. The van der Waals surface area contributed by atoms with Crippen LogP contribution >= 0.6 is 0 Å². The van der Waals surface area contributed by atoms with Crippen LogP contribution < -0.4 is 0 Å². The lowest BCUT2D eigenvalue weighted by Gasteiger charge is -2.12. The molecule has 2 nitrogen and oxygen atoms in total. The van der Waals surface area contributed by atoms with E-state index < -0.39 is 0 Å². The van der Waals surface area contributed by atoms with Crippen LogP contribution in [-0.2, 0) is 22.4 Å². The van der Waals surface area contributed by atoms with Gasteiger partial charge in [-0.05, 0) is 47.6 Å². The second-order valence-electron chi connectivity index (χ2n) is 6.21. The molecule has 1 aliphatic rings. The first-order valence-corrected chi connectivity index (χ1v) is 8.27. The summed E-state index contributed by atoms with van der Waals surface area (Å²) in [5, 5.41) is 2.60. The number of fused-ring (bicyclic) bond motifs is 6. The number of carbonyl (C=O) groups excluding carboxylic acids is 2. The third kappa shape index (κ3) is 3.44. The Morgan fingerprint density at radius 3 is 1.45 bits per heavy atom. The Kier molecular flexibility index (Phi) is 4.67. The third-order valence-corrected chi connectivity index (χ3v) is 4.59. The third-order valence-electron chi connectivity index (χ3n) is 4.59. The minimum absolute atomic E-state index is 0.228. The highest BCUT2D eigenvalue weighted by Gasteiger charge is 2.11. The maximum atomic E-state index is 11.9. The molecule has 3 rings (SSSR count). The number of hydrogen-bond acceptors (Lipinski definition) is 2. The van der Waals surface area contributed by atoms with Crippen molar-refractivity contribution in [3.8, 4) is 0 Å². The summed E-state index contributed by atoms with van der Waals surface area (Å²) in [6.45, 7) is 0. The van der Waals surface area contributed by atoms with E-state index in [1.54, 1.807) is 0 Å². The second-order valence-corrected chi connectivity index (χ2v) is 6.21. The van der Waals surface area contributed by atoms with Gasteiger partial charge in [0.2, 0.25) is 0 Å². The van der Waals surface area contributed by atoms with Crippen molar-refractivity contribution < 1.29 is 9.59 Å². The second kappa shape index (κ2) is 6.87. The molecular weight excluding hydrogens is 272 g/mol. The highest BCUT2D eigenvalue weighted by Crippen LogP contribution is 2.26. The van der Waals surface area contributed by atoms with Crippen LogP contribution in [0.5, 0.6) is 0 Å². The summed E-state index contributed by atoms with van der Waals surface area (Å²) in [6.07, 6.45) is 5.63. The van der Waals surface area contributed by atoms with E-state index in [-0.39, 0.29) is 11.6 Å². The van der Waals surface area contributed by atoms with Gasteiger partial charge >= 0.3 is 0 Å². The summed E-state index contributed by atoms with van der Waals surface area (Å²) in [6, 6.07) is 12.9. The summed E-state index contributed by atoms with van der Waals surface area (Å²) < 4.78 is 0. The lowest BCUT2D eigenvalue weighted by molar-refractivity contribution is -0.124. The maximum absolute atomic E-state index is 11.9. The number of ketones is 2. The highest BCUT2D eigenvalue weighted by atomic mass is 16.1. The fourth-order valence-corrected chi connectivity index (χ4v) is 3.34. The standard InChI is InChI=1S/C20H22O2/c21-17-7-3-5-15-11-12-16(6-4-8-18(22)14-13-17)20-10-2-1-9-19(15)20/h1-2,9-12H,3-8,13-14H2. The Hall–Kier alpha value is -1.96. The molecule has 0 aromatic heterocycles. The normalized spacial score (nSPS) is 17.6. The Bertz CT molecular complexity index is 639. The number of benzene rings is 2. The summed E-state index contributed by atoms with van der Waals surface area (Å²) in [5.74, 6) is 0.456. The molecule has 0 N–H and O–H groups in total. The fourth-order valence-electron chi connectivity index (χ4n) is 3.34. The van der Waals surface area contributed by atoms with Gasteiger partial charge in [0.1, 0.15) is 11.6 Å². The molecular formula is C20H22O2. The summed E-state index contributed by atoms with van der Waals surface area (Å²) >= 11 is 0. The zero-order valence-corrected chi connectivity index (χ0v) is 12.9. The number of Topliss-reactive ketones (excluding diaryl/α,β-unsaturated/α-hetero) is 2. The molecule has 0 saturated heterocycles. The average Bonchev–Trinajstić information content (AvgIpc) is 2.54. The van der Waals surface area contributed by atoms with Crippen LogP contribution in [-0.4, -0.2) is 11.6 Å². The molecule has 1 aliphatic carbocycles. The van der Waals surface area contributed by atoms with E-state index in [0.717, 1.165) is 25.7 Å². The lowest BCUT2D eigenvalue weighted by Crippen LogP contribution is -2.06. The Labute approximate surface area is 131 Å². The van der Waals surface area contributed by atoms with Gasteiger partial charge in [0.15, 0.2) is 0 Å². The first kappa shape index (κ1) is 15.0. The molecule has 0 radical (unpaired) electrons. The van der Waals surface area contributed by atoms with Crippen LogP contribution in [0.15, 0.2) is 36.4 Å². The minimum Gasteiger partial charge on any atom is -0.300 e. The van der Waals surface area contributed by atoms with Crippen molar-refractivity contribution in [3.05, 3.63) is 47.5 Å². The van der Waals surface area contributed by atoms with Gasteiger partial charge in [0.25, 0.3) is 0 Å². The molecule has 114 valence electrons. The smallest absolute Gasteiger partial charge is 0.133 e. The Morgan fingerprint density at radius 1 is 0.545 bits per heavy atom. The quantitative estimate of drug-likeness (QED) is 0.721. The molecule has 0 heterocycles. The van der Waals surface area contributed by atoms with Gasteiger partial charge in [-0.3, -0.25) is 9.59 Å². The van der Waals surface area contributed by atoms with Crippen LogP contribution in [0.2, 0.25) is 0 Å². The van der Waals surface area contributed by atoms with Gasteiger partial charge in [-0.1, -0.05) is 36.4 Å². The SMILES string of the molecule is O=C1CCCc2ccc(c3ccccc23)CCCC(=O)CC1. The largest absolute Gasteiger partial charge is 0.300 e. The summed E-state index contributed by atoms with van der Waals surface area (Å²) in [7, 11) is 0. The first-order chi connectivity index (χ1) is 10.7. The predicted octanol–water partition coefficient (Wildman–Crippen LogP) is 4.42. The van der Waals surface area contributed by atoms with Crippen LogP contribution in [0.4, 0.5) is 0 Å². The fraction of sp³-hybridized carbons (Fsp3) is 0.400. The number of rotatable bonds is 0. The molecule has 0 fully saturated rings. The maximum Gasteiger partial charge on any atom is 0.133 e. The van der Waals surface area contributed by atoms with E-state index in [1.807, 2.05) is 0 Å². The molecule has 2 bridgehead atoms. The van der Waals surface area contributed by atoms with Crippen molar-refractivity contribution in [2.45, 2.75) is 51.4 Å². The molecule has 0 spiro atoms. The topological polar surface area (TPSA) is 34.1 Å². The summed E-state index contributed by atoms with van der Waals surface area (Å²) in [5.41, 5.74) is 2.67. The van der Waals surface area contributed by atoms with Gasteiger partial charge in [-0.25, -0.2) is 0 Å². The van der Waals surface area contributed by atoms with E-state index in [1.165, 1.54) is 21.9 Å². The van der Waals surface area contributed by atoms with Crippen molar-refractivity contribution in [2.24, 2.45) is 0 Å². The molecule has 0 amide bonds. The predicted molar refractivity (Wildman–Crippen MR) is 89.1 cm³/mol. The molecule has 0 saturated carbocycles. The van der Waals surface area contributed by atoms with Crippen molar-refractivity contribution in [1.29, 1.82) is 0 Å². The van der Waals surface area contributed by atoms with Crippen LogP contribution in [0.3, 0.4) is 0 Å². The molecule has 2 aromatic carbocycles. The minimum atomic E-state index is 0.228. The molecule has 2 aromatic rings.